The van der Waals surface area contributed by atoms with E-state index in [0.717, 1.165) is 11.1 Å². The van der Waals surface area contributed by atoms with Crippen molar-refractivity contribution in [3.63, 3.8) is 0 Å². The number of ether oxygens (including phenoxy) is 2. The molecule has 4 rings (SSSR count). The van der Waals surface area contributed by atoms with Gasteiger partial charge >= 0.3 is 37.9 Å². The Kier molecular flexibility index (Phi) is 9.33. The van der Waals surface area contributed by atoms with Gasteiger partial charge in [-0.25, -0.2) is 9.98 Å². The number of halogens is 2. The van der Waals surface area contributed by atoms with Crippen molar-refractivity contribution in [1.29, 1.82) is 0 Å². The Morgan fingerprint density at radius 3 is 1.44 bits per heavy atom. The molecule has 0 fully saturated rings. The predicted octanol–water partition coefficient (Wildman–Crippen LogP) is 4.45. The number of aliphatic imine (C=N–C) groups is 2. The summed E-state index contributed by atoms with van der Waals surface area (Å²) in [5, 5.41) is 19.7. The minimum atomic E-state index is -0.826. The number of nitrogens with zero attached hydrogens (tertiary/aromatic N) is 2. The van der Waals surface area contributed by atoms with E-state index in [9.17, 15) is 10.2 Å². The number of hydrogen-bond acceptors (Lipinski definition) is 6. The third kappa shape index (κ3) is 5.63. The van der Waals surface area contributed by atoms with Gasteiger partial charge in [0.05, 0.1) is 13.2 Å². The van der Waals surface area contributed by atoms with Crippen molar-refractivity contribution in [2.45, 2.75) is 38.1 Å². The Morgan fingerprint density at radius 2 is 1.12 bits per heavy atom. The van der Waals surface area contributed by atoms with Crippen molar-refractivity contribution >= 4 is 28.8 Å². The molecule has 0 radical (unpaired) electrons. The Bertz CT molecular complexity index is 855. The Balaban J connectivity index is 0.000000913. The molecule has 6 nitrogen and oxygen atoms in total. The molecule has 0 amide bonds. The molecule has 2 aliphatic rings. The van der Waals surface area contributed by atoms with E-state index >= 15 is 0 Å². The Hall–Kier alpha value is -1.24. The van der Waals surface area contributed by atoms with Gasteiger partial charge in [0.1, 0.15) is 29.7 Å². The molecule has 2 aromatic carbocycles. The summed E-state index contributed by atoms with van der Waals surface area (Å²) < 4.78 is 12.4. The van der Waals surface area contributed by atoms with Gasteiger partial charge in [0, 0.05) is 0 Å². The summed E-state index contributed by atoms with van der Waals surface area (Å²) in [4.78, 5) is 9.30. The number of hydrogen-bond donors (Lipinski definition) is 2. The van der Waals surface area contributed by atoms with E-state index in [2.05, 4.69) is 9.98 Å². The predicted molar refractivity (Wildman–Crippen MR) is 123 cm³/mol. The van der Waals surface area contributed by atoms with Crippen molar-refractivity contribution < 1.29 is 40.5 Å². The fourth-order valence-electron chi connectivity index (χ4n) is 3.74. The Labute approximate surface area is 207 Å². The van der Waals surface area contributed by atoms with Crippen LogP contribution in [0.2, 0.25) is 0 Å². The maximum atomic E-state index is 9.84. The number of aliphatic hydroxyl groups is 2. The number of aliphatic hydroxyl groups excluding tert-OH is 2. The molecule has 2 aromatic rings. The van der Waals surface area contributed by atoms with Crippen LogP contribution in [0.3, 0.4) is 0 Å². The van der Waals surface area contributed by atoms with Gasteiger partial charge in [-0.3, -0.25) is 0 Å². The second kappa shape index (κ2) is 11.8. The van der Waals surface area contributed by atoms with Crippen LogP contribution in [0.1, 0.15) is 37.2 Å². The van der Waals surface area contributed by atoms with E-state index in [1.54, 1.807) is 0 Å². The van der Waals surface area contributed by atoms with E-state index in [1.807, 2.05) is 74.5 Å². The molecule has 0 bridgehead atoms. The van der Waals surface area contributed by atoms with Crippen molar-refractivity contribution in [1.82, 2.24) is 0 Å². The molecular formula is C23H26Cl2N2O4Zr. The van der Waals surface area contributed by atoms with Crippen LogP contribution in [-0.4, -0.2) is 47.3 Å². The molecule has 2 N–H and O–H groups in total. The summed E-state index contributed by atoms with van der Waals surface area (Å²) in [6.45, 7) is 3.65. The molecule has 9 heteroatoms. The van der Waals surface area contributed by atoms with Gasteiger partial charge in [-0.2, -0.15) is 0 Å². The number of rotatable bonds is 6. The zero-order chi connectivity index (χ0) is 23.1. The van der Waals surface area contributed by atoms with Crippen LogP contribution in [-0.2, 0) is 30.3 Å². The minimum absolute atomic E-state index is 0.113. The topological polar surface area (TPSA) is 83.6 Å². The van der Waals surface area contributed by atoms with Gasteiger partial charge in [-0.15, -0.1) is 0 Å². The standard InChI is InChI=1S/C23H26N2O4.2ClH.Zr/c1-23(2,21-24-17(13-26)19(28-21)15-9-5-3-6-10-15)22-25-18(14-27)20(29-22)16-11-7-4-8-12-16;;;/h3-12,17-20,26-27H,13-14H2,1-2H3;2*1H;/q;;;+2/p-2. The molecule has 170 valence electrons. The van der Waals surface area contributed by atoms with Gasteiger partial charge in [0.15, 0.2) is 11.8 Å². The van der Waals surface area contributed by atoms with Crippen LogP contribution in [0.4, 0.5) is 0 Å². The van der Waals surface area contributed by atoms with Gasteiger partial charge in [0.2, 0.25) is 0 Å². The monoisotopic (exact) mass is 554 g/mol. The molecule has 32 heavy (non-hydrogen) atoms. The third-order valence-electron chi connectivity index (χ3n) is 5.44. The van der Waals surface area contributed by atoms with Crippen LogP contribution in [0.5, 0.6) is 0 Å². The summed E-state index contributed by atoms with van der Waals surface area (Å²) >= 11 is -0.826. The van der Waals surface area contributed by atoms with Crippen LogP contribution in [0.25, 0.3) is 0 Å². The van der Waals surface area contributed by atoms with E-state index in [0.29, 0.717) is 11.8 Å². The second-order valence-electron chi connectivity index (χ2n) is 7.96. The molecule has 4 unspecified atom stereocenters. The molecule has 0 aromatic heterocycles. The van der Waals surface area contributed by atoms with E-state index in [4.69, 9.17) is 26.5 Å². The van der Waals surface area contributed by atoms with Crippen LogP contribution < -0.4 is 0 Å². The van der Waals surface area contributed by atoms with Gasteiger partial charge in [0.25, 0.3) is 0 Å². The Morgan fingerprint density at radius 1 is 0.781 bits per heavy atom. The van der Waals surface area contributed by atoms with E-state index in [1.165, 1.54) is 0 Å². The van der Waals surface area contributed by atoms with Gasteiger partial charge < -0.3 is 19.7 Å². The number of benzene rings is 2. The van der Waals surface area contributed by atoms with Gasteiger partial charge in [-0.05, 0) is 25.0 Å². The maximum absolute atomic E-state index is 9.84. The van der Waals surface area contributed by atoms with Gasteiger partial charge in [-0.1, -0.05) is 60.7 Å². The normalized spacial score (nSPS) is 24.4. The first-order chi connectivity index (χ1) is 15.5. The SMILES string of the molecule is CC(C)(C1=NC(CO)C(c2ccccc2)O1)C1=NC(CO)C(c2ccccc2)O1.[Cl][Zr][Cl]. The van der Waals surface area contributed by atoms with E-state index < -0.39 is 26.3 Å². The first-order valence-corrected chi connectivity index (χ1v) is 16.6. The molecule has 2 heterocycles. The van der Waals surface area contributed by atoms with E-state index in [-0.39, 0.29) is 37.5 Å². The van der Waals surface area contributed by atoms with Crippen LogP contribution in [0.15, 0.2) is 70.6 Å². The first-order valence-electron chi connectivity index (χ1n) is 10.2. The van der Waals surface area contributed by atoms with Crippen molar-refractivity contribution in [3.05, 3.63) is 71.8 Å². The summed E-state index contributed by atoms with van der Waals surface area (Å²) in [6.07, 6.45) is -0.702. The molecule has 0 saturated carbocycles. The summed E-state index contributed by atoms with van der Waals surface area (Å²) in [5.41, 5.74) is 1.20. The van der Waals surface area contributed by atoms with Crippen molar-refractivity contribution in [3.8, 4) is 0 Å². The zero-order valence-electron chi connectivity index (χ0n) is 17.9. The molecule has 0 spiro atoms. The van der Waals surface area contributed by atoms with Crippen molar-refractivity contribution in [2.75, 3.05) is 13.2 Å². The third-order valence-corrected chi connectivity index (χ3v) is 5.44. The summed E-state index contributed by atoms with van der Waals surface area (Å²) in [6, 6.07) is 18.8. The molecular weight excluding hydrogens is 530 g/mol. The molecule has 2 aliphatic heterocycles. The first kappa shape index (κ1) is 25.4. The molecule has 0 saturated heterocycles. The van der Waals surface area contributed by atoms with Crippen molar-refractivity contribution in [2.24, 2.45) is 15.4 Å². The quantitative estimate of drug-likeness (QED) is 0.551. The fourth-order valence-corrected chi connectivity index (χ4v) is 3.74. The van der Waals surface area contributed by atoms with Crippen LogP contribution >= 0.6 is 17.0 Å². The average molecular weight is 557 g/mol. The second-order valence-corrected chi connectivity index (χ2v) is 11.7. The summed E-state index contributed by atoms with van der Waals surface area (Å²) in [7, 11) is 9.87. The zero-order valence-corrected chi connectivity index (χ0v) is 21.8. The average Bonchev–Trinajstić information content (AvgIpc) is 3.46. The van der Waals surface area contributed by atoms with Crippen LogP contribution in [0, 0.1) is 5.41 Å². The molecule has 4 atom stereocenters. The summed E-state index contributed by atoms with van der Waals surface area (Å²) in [5.74, 6) is 0.962. The molecule has 0 aliphatic carbocycles. The fraction of sp³-hybridized carbons (Fsp3) is 0.391.